The van der Waals surface area contributed by atoms with E-state index >= 15 is 0 Å². The Kier molecular flexibility index (Phi) is 5.89. The van der Waals surface area contributed by atoms with Gasteiger partial charge >= 0.3 is 0 Å². The predicted octanol–water partition coefficient (Wildman–Crippen LogP) is -0.493. The van der Waals surface area contributed by atoms with Crippen LogP contribution in [0.1, 0.15) is 13.3 Å². The van der Waals surface area contributed by atoms with Crippen molar-refractivity contribution in [3.63, 3.8) is 0 Å². The van der Waals surface area contributed by atoms with E-state index in [4.69, 9.17) is 0 Å². The first-order valence-corrected chi connectivity index (χ1v) is 8.97. The van der Waals surface area contributed by atoms with Crippen LogP contribution < -0.4 is 10.6 Å². The Bertz CT molecular complexity index is 297. The number of piperidine rings is 1. The molecule has 0 bridgehead atoms. The predicted molar refractivity (Wildman–Crippen MR) is 87.8 cm³/mol. The van der Waals surface area contributed by atoms with E-state index in [1.807, 2.05) is 0 Å². The molecule has 5 nitrogen and oxygen atoms in total. The topological polar surface area (TPSA) is 33.8 Å². The minimum atomic E-state index is 0.757. The van der Waals surface area contributed by atoms with Crippen molar-refractivity contribution in [3.05, 3.63) is 0 Å². The molecule has 0 aromatic carbocycles. The van der Waals surface area contributed by atoms with Gasteiger partial charge in [-0.15, -0.1) is 0 Å². The van der Waals surface area contributed by atoms with Crippen LogP contribution in [-0.2, 0) is 0 Å². The van der Waals surface area contributed by atoms with Crippen LogP contribution in [0.3, 0.4) is 0 Å². The van der Waals surface area contributed by atoms with Crippen molar-refractivity contribution in [2.24, 2.45) is 5.92 Å². The third-order valence-corrected chi connectivity index (χ3v) is 5.61. The molecule has 0 spiro atoms. The first kappa shape index (κ1) is 15.7. The molecule has 122 valence electrons. The molecule has 0 aromatic rings. The van der Waals surface area contributed by atoms with Gasteiger partial charge in [0.25, 0.3) is 0 Å². The van der Waals surface area contributed by atoms with Gasteiger partial charge < -0.3 is 20.4 Å². The molecule has 3 aliphatic rings. The minimum Gasteiger partial charge on any atom is -0.315 e. The molecular formula is C16H33N5. The smallest absolute Gasteiger partial charge is 0.0262 e. The van der Waals surface area contributed by atoms with E-state index in [9.17, 15) is 0 Å². The van der Waals surface area contributed by atoms with E-state index in [-0.39, 0.29) is 0 Å². The summed E-state index contributed by atoms with van der Waals surface area (Å²) in [6.45, 7) is 17.1. The molecule has 0 amide bonds. The molecular weight excluding hydrogens is 262 g/mol. The van der Waals surface area contributed by atoms with Crippen molar-refractivity contribution in [1.29, 1.82) is 0 Å². The second kappa shape index (κ2) is 7.88. The Morgan fingerprint density at radius 1 is 0.857 bits per heavy atom. The van der Waals surface area contributed by atoms with Crippen molar-refractivity contribution < 1.29 is 0 Å². The highest BCUT2D eigenvalue weighted by Gasteiger charge is 2.32. The van der Waals surface area contributed by atoms with Crippen molar-refractivity contribution >= 4 is 0 Å². The van der Waals surface area contributed by atoms with Crippen LogP contribution in [0.25, 0.3) is 0 Å². The summed E-state index contributed by atoms with van der Waals surface area (Å²) in [5.41, 5.74) is 0. The summed E-state index contributed by atoms with van der Waals surface area (Å²) < 4.78 is 0. The monoisotopic (exact) mass is 295 g/mol. The third kappa shape index (κ3) is 4.17. The van der Waals surface area contributed by atoms with Crippen molar-refractivity contribution in [2.45, 2.75) is 19.4 Å². The fraction of sp³-hybridized carbons (Fsp3) is 1.00. The molecule has 2 N–H and O–H groups in total. The Hall–Kier alpha value is -0.200. The highest BCUT2D eigenvalue weighted by Crippen LogP contribution is 2.21. The molecule has 3 fully saturated rings. The molecule has 3 rings (SSSR count). The molecule has 3 aliphatic heterocycles. The summed E-state index contributed by atoms with van der Waals surface area (Å²) in [4.78, 5) is 8.03. The number of nitrogens with zero attached hydrogens (tertiary/aromatic N) is 3. The van der Waals surface area contributed by atoms with Crippen LogP contribution in [0.5, 0.6) is 0 Å². The normalized spacial score (nSPS) is 34.1. The van der Waals surface area contributed by atoms with Crippen molar-refractivity contribution in [1.82, 2.24) is 25.3 Å². The largest absolute Gasteiger partial charge is 0.315 e. The average Bonchev–Trinajstić information content (AvgIpc) is 2.56. The van der Waals surface area contributed by atoms with Gasteiger partial charge in [-0.3, -0.25) is 4.90 Å². The Labute approximate surface area is 130 Å². The molecule has 21 heavy (non-hydrogen) atoms. The quantitative estimate of drug-likeness (QED) is 0.731. The number of likely N-dealkylation sites (N-methyl/N-ethyl adjacent to an activating group) is 1. The van der Waals surface area contributed by atoms with Gasteiger partial charge in [-0.05, 0) is 25.4 Å². The number of nitrogens with one attached hydrogen (secondary N) is 2. The number of hydrogen-bond donors (Lipinski definition) is 2. The summed E-state index contributed by atoms with van der Waals surface area (Å²) in [5, 5.41) is 7.11. The summed E-state index contributed by atoms with van der Waals surface area (Å²) in [7, 11) is 0. The first-order valence-electron chi connectivity index (χ1n) is 8.97. The van der Waals surface area contributed by atoms with E-state index in [1.165, 1.54) is 85.0 Å². The van der Waals surface area contributed by atoms with E-state index in [1.54, 1.807) is 0 Å². The van der Waals surface area contributed by atoms with E-state index in [0.29, 0.717) is 0 Å². The number of hydrogen-bond acceptors (Lipinski definition) is 5. The fourth-order valence-electron chi connectivity index (χ4n) is 4.17. The summed E-state index contributed by atoms with van der Waals surface area (Å²) >= 11 is 0. The molecule has 2 unspecified atom stereocenters. The Balaban J connectivity index is 1.53. The van der Waals surface area contributed by atoms with Gasteiger partial charge in [0.05, 0.1) is 0 Å². The van der Waals surface area contributed by atoms with Gasteiger partial charge in [0, 0.05) is 71.5 Å². The van der Waals surface area contributed by atoms with Gasteiger partial charge in [0.2, 0.25) is 0 Å². The maximum atomic E-state index is 3.64. The minimum absolute atomic E-state index is 0.757. The summed E-state index contributed by atoms with van der Waals surface area (Å²) in [6, 6.07) is 0.757. The van der Waals surface area contributed by atoms with Crippen LogP contribution in [0.2, 0.25) is 0 Å². The van der Waals surface area contributed by atoms with Crippen LogP contribution in [-0.4, -0.2) is 99.3 Å². The SMILES string of the molecule is CCN1CCN(C2CNCCC2CN2CCNCC2)CC1. The van der Waals surface area contributed by atoms with Gasteiger partial charge in [-0.1, -0.05) is 6.92 Å². The second-order valence-electron chi connectivity index (χ2n) is 6.84. The van der Waals surface area contributed by atoms with Crippen LogP contribution >= 0.6 is 0 Å². The molecule has 0 saturated carbocycles. The third-order valence-electron chi connectivity index (χ3n) is 5.61. The van der Waals surface area contributed by atoms with Gasteiger partial charge in [0.15, 0.2) is 0 Å². The lowest BCUT2D eigenvalue weighted by Gasteiger charge is -2.45. The van der Waals surface area contributed by atoms with Gasteiger partial charge in [0.1, 0.15) is 0 Å². The van der Waals surface area contributed by atoms with Gasteiger partial charge in [-0.2, -0.15) is 0 Å². The zero-order valence-corrected chi connectivity index (χ0v) is 13.7. The van der Waals surface area contributed by atoms with Crippen LogP contribution in [0, 0.1) is 5.92 Å². The zero-order valence-electron chi connectivity index (χ0n) is 13.7. The lowest BCUT2D eigenvalue weighted by molar-refractivity contribution is 0.0431. The number of piperazine rings is 2. The molecule has 0 radical (unpaired) electrons. The zero-order chi connectivity index (χ0) is 14.5. The standard InChI is InChI=1S/C16H33N5/c1-2-19-9-11-21(12-10-19)16-13-18-4-3-15(16)14-20-7-5-17-6-8-20/h15-18H,2-14H2,1H3. The summed E-state index contributed by atoms with van der Waals surface area (Å²) in [6.07, 6.45) is 1.35. The molecule has 5 heteroatoms. The lowest BCUT2D eigenvalue weighted by atomic mass is 9.90. The molecule has 3 saturated heterocycles. The van der Waals surface area contributed by atoms with Gasteiger partial charge in [-0.25, -0.2) is 0 Å². The average molecular weight is 295 g/mol. The maximum absolute atomic E-state index is 3.64. The van der Waals surface area contributed by atoms with E-state index in [0.717, 1.165) is 12.0 Å². The lowest BCUT2D eigenvalue weighted by Crippen LogP contribution is -2.59. The van der Waals surface area contributed by atoms with E-state index in [2.05, 4.69) is 32.3 Å². The second-order valence-corrected chi connectivity index (χ2v) is 6.84. The van der Waals surface area contributed by atoms with Crippen LogP contribution in [0.15, 0.2) is 0 Å². The molecule has 0 aromatic heterocycles. The van der Waals surface area contributed by atoms with E-state index < -0.39 is 0 Å². The summed E-state index contributed by atoms with van der Waals surface area (Å²) in [5.74, 6) is 0.859. The highest BCUT2D eigenvalue weighted by molar-refractivity contribution is 4.90. The molecule has 2 atom stereocenters. The molecule has 3 heterocycles. The van der Waals surface area contributed by atoms with Crippen molar-refractivity contribution in [2.75, 3.05) is 78.5 Å². The molecule has 0 aliphatic carbocycles. The Morgan fingerprint density at radius 2 is 1.62 bits per heavy atom. The maximum Gasteiger partial charge on any atom is 0.0262 e. The van der Waals surface area contributed by atoms with Crippen LogP contribution in [0.4, 0.5) is 0 Å². The highest BCUT2D eigenvalue weighted by atomic mass is 15.3. The van der Waals surface area contributed by atoms with Crippen molar-refractivity contribution in [3.8, 4) is 0 Å². The fourth-order valence-corrected chi connectivity index (χ4v) is 4.17. The Morgan fingerprint density at radius 3 is 2.33 bits per heavy atom. The number of rotatable bonds is 4. The first-order chi connectivity index (χ1) is 10.4.